The van der Waals surface area contributed by atoms with Crippen molar-refractivity contribution in [2.45, 2.75) is 50.8 Å². The van der Waals surface area contributed by atoms with Crippen molar-refractivity contribution >= 4 is 11.6 Å². The first-order chi connectivity index (χ1) is 7.62. The lowest BCUT2D eigenvalue weighted by Gasteiger charge is -2.32. The molecule has 2 aliphatic heterocycles. The summed E-state index contributed by atoms with van der Waals surface area (Å²) in [5.41, 5.74) is 0.100. The van der Waals surface area contributed by atoms with E-state index in [1.807, 2.05) is 0 Å². The van der Waals surface area contributed by atoms with E-state index < -0.39 is 0 Å². The van der Waals surface area contributed by atoms with E-state index in [2.05, 4.69) is 13.8 Å². The maximum absolute atomic E-state index is 5.82. The van der Waals surface area contributed by atoms with Crippen molar-refractivity contribution in [2.75, 3.05) is 12.5 Å². The van der Waals surface area contributed by atoms with Crippen LogP contribution >= 0.6 is 11.6 Å². The number of ether oxygens (including phenoxy) is 3. The number of halogens is 1. The summed E-state index contributed by atoms with van der Waals surface area (Å²) in [6.45, 7) is 5.11. The highest BCUT2D eigenvalue weighted by atomic mass is 35.5. The van der Waals surface area contributed by atoms with Gasteiger partial charge in [-0.2, -0.15) is 0 Å². The average molecular weight is 247 g/mol. The second kappa shape index (κ2) is 3.84. The third-order valence-electron chi connectivity index (χ3n) is 4.29. The molecule has 3 nitrogen and oxygen atoms in total. The van der Waals surface area contributed by atoms with E-state index >= 15 is 0 Å². The summed E-state index contributed by atoms with van der Waals surface area (Å²) in [6, 6.07) is 0. The van der Waals surface area contributed by atoms with Crippen LogP contribution in [0.2, 0.25) is 0 Å². The Morgan fingerprint density at radius 1 is 1.44 bits per heavy atom. The summed E-state index contributed by atoms with van der Waals surface area (Å²) in [7, 11) is 0. The molecule has 3 fully saturated rings. The normalized spacial score (nSPS) is 56.1. The minimum atomic E-state index is -0.0688. The molecule has 3 aliphatic rings. The van der Waals surface area contributed by atoms with Crippen LogP contribution in [0.3, 0.4) is 0 Å². The third kappa shape index (κ3) is 1.78. The molecule has 0 N–H and O–H groups in total. The Kier molecular flexibility index (Phi) is 2.70. The third-order valence-corrected chi connectivity index (χ3v) is 4.63. The van der Waals surface area contributed by atoms with Crippen molar-refractivity contribution in [3.8, 4) is 0 Å². The standard InChI is InChI=1S/C12H19ClO3/c1-7-3-10-12(2,16-10)4-9(7)11-14-6-8(5-13)15-11/h7-11H,3-6H2,1-2H3/t7-,8+,9+,10+,11-,12+/m1/s1. The van der Waals surface area contributed by atoms with Crippen molar-refractivity contribution in [1.29, 1.82) is 0 Å². The van der Waals surface area contributed by atoms with Gasteiger partial charge in [0.1, 0.15) is 0 Å². The van der Waals surface area contributed by atoms with Gasteiger partial charge >= 0.3 is 0 Å². The van der Waals surface area contributed by atoms with Gasteiger partial charge in [-0.15, -0.1) is 11.6 Å². The first kappa shape index (κ1) is 11.3. The van der Waals surface area contributed by atoms with Gasteiger partial charge in [-0.3, -0.25) is 0 Å². The lowest BCUT2D eigenvalue weighted by molar-refractivity contribution is -0.116. The maximum Gasteiger partial charge on any atom is 0.161 e. The van der Waals surface area contributed by atoms with E-state index in [9.17, 15) is 0 Å². The lowest BCUT2D eigenvalue weighted by Crippen LogP contribution is -2.37. The van der Waals surface area contributed by atoms with E-state index in [0.29, 0.717) is 30.4 Å². The predicted molar refractivity (Wildman–Crippen MR) is 60.5 cm³/mol. The fourth-order valence-electron chi connectivity index (χ4n) is 3.09. The molecule has 2 heterocycles. The largest absolute Gasteiger partial charge is 0.366 e. The van der Waals surface area contributed by atoms with Gasteiger partial charge in [-0.1, -0.05) is 6.92 Å². The highest BCUT2D eigenvalue weighted by Gasteiger charge is 2.59. The Labute approximate surface area is 101 Å². The molecule has 0 bridgehead atoms. The zero-order valence-corrected chi connectivity index (χ0v) is 10.6. The monoisotopic (exact) mass is 246 g/mol. The number of epoxide rings is 1. The smallest absolute Gasteiger partial charge is 0.161 e. The van der Waals surface area contributed by atoms with Crippen LogP contribution in [-0.4, -0.2) is 36.6 Å². The van der Waals surface area contributed by atoms with Crippen LogP contribution in [0, 0.1) is 11.8 Å². The summed E-state index contributed by atoms with van der Waals surface area (Å²) >= 11 is 5.78. The first-order valence-electron chi connectivity index (χ1n) is 6.13. The topological polar surface area (TPSA) is 31.0 Å². The number of hydrogen-bond acceptors (Lipinski definition) is 3. The van der Waals surface area contributed by atoms with Crippen LogP contribution < -0.4 is 0 Å². The molecule has 0 radical (unpaired) electrons. The van der Waals surface area contributed by atoms with Gasteiger partial charge < -0.3 is 14.2 Å². The van der Waals surface area contributed by atoms with Crippen molar-refractivity contribution < 1.29 is 14.2 Å². The van der Waals surface area contributed by atoms with Gasteiger partial charge in [0.15, 0.2) is 6.29 Å². The van der Waals surface area contributed by atoms with E-state index in [1.165, 1.54) is 0 Å². The number of fused-ring (bicyclic) bond motifs is 1. The van der Waals surface area contributed by atoms with Crippen LogP contribution in [0.1, 0.15) is 26.7 Å². The maximum atomic E-state index is 5.82. The predicted octanol–water partition coefficient (Wildman–Crippen LogP) is 2.17. The summed E-state index contributed by atoms with van der Waals surface area (Å²) in [4.78, 5) is 0. The highest BCUT2D eigenvalue weighted by Crippen LogP contribution is 2.53. The van der Waals surface area contributed by atoms with Gasteiger partial charge in [0.25, 0.3) is 0 Å². The first-order valence-corrected chi connectivity index (χ1v) is 6.66. The van der Waals surface area contributed by atoms with Crippen molar-refractivity contribution in [3.63, 3.8) is 0 Å². The molecule has 0 aromatic heterocycles. The van der Waals surface area contributed by atoms with E-state index in [0.717, 1.165) is 12.8 Å². The van der Waals surface area contributed by atoms with Crippen molar-refractivity contribution in [2.24, 2.45) is 11.8 Å². The highest BCUT2D eigenvalue weighted by molar-refractivity contribution is 6.18. The van der Waals surface area contributed by atoms with Crippen LogP contribution in [0.15, 0.2) is 0 Å². The Morgan fingerprint density at radius 3 is 2.94 bits per heavy atom. The van der Waals surface area contributed by atoms with Crippen LogP contribution in [0.25, 0.3) is 0 Å². The van der Waals surface area contributed by atoms with Gasteiger partial charge in [0.2, 0.25) is 0 Å². The zero-order valence-electron chi connectivity index (χ0n) is 9.82. The minimum absolute atomic E-state index is 0.0688. The van der Waals surface area contributed by atoms with Crippen molar-refractivity contribution in [1.82, 2.24) is 0 Å². The lowest BCUT2D eigenvalue weighted by atomic mass is 9.75. The number of rotatable bonds is 2. The molecule has 1 aliphatic carbocycles. The fraction of sp³-hybridized carbons (Fsp3) is 1.00. The van der Waals surface area contributed by atoms with Crippen LogP contribution in [-0.2, 0) is 14.2 Å². The molecule has 6 atom stereocenters. The number of alkyl halides is 1. The molecule has 0 aromatic rings. The molecule has 0 aromatic carbocycles. The molecule has 16 heavy (non-hydrogen) atoms. The van der Waals surface area contributed by atoms with Crippen LogP contribution in [0.4, 0.5) is 0 Å². The van der Waals surface area contributed by atoms with Gasteiger partial charge in [0, 0.05) is 5.92 Å². The molecule has 92 valence electrons. The van der Waals surface area contributed by atoms with Crippen LogP contribution in [0.5, 0.6) is 0 Å². The average Bonchev–Trinajstić information content (AvgIpc) is 2.74. The summed E-state index contributed by atoms with van der Waals surface area (Å²) in [5.74, 6) is 1.59. The summed E-state index contributed by atoms with van der Waals surface area (Å²) < 4.78 is 17.3. The molecule has 0 spiro atoms. The van der Waals surface area contributed by atoms with Gasteiger partial charge in [0.05, 0.1) is 30.3 Å². The molecule has 2 saturated heterocycles. The second-order valence-corrected chi connectivity index (χ2v) is 5.92. The Morgan fingerprint density at radius 2 is 2.25 bits per heavy atom. The summed E-state index contributed by atoms with van der Waals surface area (Å²) in [5, 5.41) is 0. The Bertz CT molecular complexity index is 285. The van der Waals surface area contributed by atoms with Crippen molar-refractivity contribution in [3.05, 3.63) is 0 Å². The Balaban J connectivity index is 1.65. The number of hydrogen-bond donors (Lipinski definition) is 0. The second-order valence-electron chi connectivity index (χ2n) is 5.61. The molecule has 0 unspecified atom stereocenters. The molecular weight excluding hydrogens is 228 g/mol. The Hall–Kier alpha value is 0.170. The molecule has 0 amide bonds. The fourth-order valence-corrected chi connectivity index (χ4v) is 3.25. The SMILES string of the molecule is C[C@@H]1C[C@@H]2O[C@@]2(C)C[C@@H]1[C@@H]1OC[C@H](CCl)O1. The zero-order chi connectivity index (χ0) is 11.3. The summed E-state index contributed by atoms with van der Waals surface area (Å²) in [6.07, 6.45) is 2.67. The quantitative estimate of drug-likeness (QED) is 0.553. The van der Waals surface area contributed by atoms with E-state index in [-0.39, 0.29) is 18.0 Å². The van der Waals surface area contributed by atoms with E-state index in [4.69, 9.17) is 25.8 Å². The minimum Gasteiger partial charge on any atom is -0.366 e. The molecule has 1 saturated carbocycles. The molecule has 3 rings (SSSR count). The molecule has 4 heteroatoms. The van der Waals surface area contributed by atoms with Gasteiger partial charge in [-0.05, 0) is 25.7 Å². The van der Waals surface area contributed by atoms with Gasteiger partial charge in [-0.25, -0.2) is 0 Å². The molecular formula is C12H19ClO3. The van der Waals surface area contributed by atoms with E-state index in [1.54, 1.807) is 0 Å².